The van der Waals surface area contributed by atoms with Crippen LogP contribution in [0, 0.1) is 6.92 Å². The summed E-state index contributed by atoms with van der Waals surface area (Å²) in [6.07, 6.45) is -0.805. The van der Waals surface area contributed by atoms with Gasteiger partial charge in [0.15, 0.2) is 0 Å². The van der Waals surface area contributed by atoms with Gasteiger partial charge in [-0.1, -0.05) is 0 Å². The molecule has 1 fully saturated rings. The van der Waals surface area contributed by atoms with E-state index in [-0.39, 0.29) is 6.04 Å². The van der Waals surface area contributed by atoms with Gasteiger partial charge in [0.1, 0.15) is 17.8 Å². The molecule has 0 amide bonds. The van der Waals surface area contributed by atoms with Gasteiger partial charge in [-0.2, -0.15) is 18.3 Å². The smallest absolute Gasteiger partial charge is 0.355 e. The molecular weight excluding hydrogens is 321 g/mol. The van der Waals surface area contributed by atoms with Crippen molar-refractivity contribution >= 4 is 5.82 Å². The predicted octanol–water partition coefficient (Wildman–Crippen LogP) is 2.24. The summed E-state index contributed by atoms with van der Waals surface area (Å²) in [5.41, 5.74) is 1.26. The Bertz CT molecular complexity index is 699. The molecule has 3 heterocycles. The fourth-order valence-electron chi connectivity index (χ4n) is 2.93. The van der Waals surface area contributed by atoms with E-state index in [1.54, 1.807) is 11.9 Å². The van der Waals surface area contributed by atoms with Gasteiger partial charge < -0.3 is 4.90 Å². The highest BCUT2D eigenvalue weighted by Crippen LogP contribution is 2.30. The molecule has 1 aliphatic rings. The number of likely N-dealkylation sites (tertiary alicyclic amines) is 1. The zero-order chi connectivity index (χ0) is 17.3. The van der Waals surface area contributed by atoms with Gasteiger partial charge in [0, 0.05) is 50.0 Å². The molecule has 0 spiro atoms. The van der Waals surface area contributed by atoms with Crippen molar-refractivity contribution in [2.75, 3.05) is 25.0 Å². The van der Waals surface area contributed by atoms with Crippen LogP contribution in [0.2, 0.25) is 0 Å². The summed E-state index contributed by atoms with van der Waals surface area (Å²) >= 11 is 0. The monoisotopic (exact) mass is 340 g/mol. The van der Waals surface area contributed by atoms with E-state index < -0.39 is 11.9 Å². The van der Waals surface area contributed by atoms with E-state index in [4.69, 9.17) is 0 Å². The van der Waals surface area contributed by atoms with Crippen LogP contribution in [0.1, 0.15) is 23.4 Å². The second-order valence-corrected chi connectivity index (χ2v) is 6.07. The average molecular weight is 340 g/mol. The largest absolute Gasteiger partial charge is 0.433 e. The lowest BCUT2D eigenvalue weighted by Crippen LogP contribution is -2.35. The molecule has 0 aliphatic carbocycles. The molecule has 1 N–H and O–H groups in total. The van der Waals surface area contributed by atoms with E-state index in [1.807, 2.05) is 13.1 Å². The number of anilines is 1. The van der Waals surface area contributed by atoms with Crippen molar-refractivity contribution in [2.24, 2.45) is 0 Å². The fourth-order valence-corrected chi connectivity index (χ4v) is 2.93. The number of aryl methyl sites for hydroxylation is 1. The number of H-pyrrole nitrogens is 1. The first-order valence-electron chi connectivity index (χ1n) is 7.68. The third-order valence-corrected chi connectivity index (χ3v) is 4.43. The fraction of sp³-hybridized carbons (Fsp3) is 0.533. The van der Waals surface area contributed by atoms with E-state index in [0.717, 1.165) is 49.7 Å². The Kier molecular flexibility index (Phi) is 4.44. The molecule has 1 atom stereocenters. The molecule has 2 aromatic rings. The zero-order valence-corrected chi connectivity index (χ0v) is 13.5. The number of likely N-dealkylation sites (N-methyl/N-ethyl adjacent to an activating group) is 1. The number of aromatic nitrogens is 4. The SMILES string of the molecule is Cc1[nH]ncc1CN1CCC(N(C)c2cc(C(F)(F)F)ncn2)C1. The summed E-state index contributed by atoms with van der Waals surface area (Å²) in [6, 6.07) is 1.12. The summed E-state index contributed by atoms with van der Waals surface area (Å²) in [7, 11) is 1.78. The van der Waals surface area contributed by atoms with Gasteiger partial charge in [0.05, 0.1) is 6.20 Å². The predicted molar refractivity (Wildman–Crippen MR) is 82.4 cm³/mol. The van der Waals surface area contributed by atoms with Crippen molar-refractivity contribution < 1.29 is 13.2 Å². The number of hydrogen-bond acceptors (Lipinski definition) is 5. The number of nitrogens with one attached hydrogen (secondary N) is 1. The van der Waals surface area contributed by atoms with Crippen molar-refractivity contribution in [1.29, 1.82) is 0 Å². The molecule has 1 saturated heterocycles. The number of hydrogen-bond donors (Lipinski definition) is 1. The molecule has 0 saturated carbocycles. The van der Waals surface area contributed by atoms with Crippen molar-refractivity contribution in [3.63, 3.8) is 0 Å². The van der Waals surface area contributed by atoms with E-state index in [1.165, 1.54) is 0 Å². The van der Waals surface area contributed by atoms with Gasteiger partial charge in [-0.25, -0.2) is 9.97 Å². The molecule has 24 heavy (non-hydrogen) atoms. The Labute approximate surface area is 137 Å². The summed E-state index contributed by atoms with van der Waals surface area (Å²) < 4.78 is 38.4. The third kappa shape index (κ3) is 3.50. The first-order chi connectivity index (χ1) is 11.3. The Morgan fingerprint density at radius 1 is 1.38 bits per heavy atom. The third-order valence-electron chi connectivity index (χ3n) is 4.43. The summed E-state index contributed by atoms with van der Waals surface area (Å²) in [4.78, 5) is 11.4. The Balaban J connectivity index is 1.66. The van der Waals surface area contributed by atoms with Crippen LogP contribution in [0.15, 0.2) is 18.6 Å². The van der Waals surface area contributed by atoms with Gasteiger partial charge in [-0.3, -0.25) is 10.00 Å². The minimum absolute atomic E-state index is 0.119. The molecule has 0 bridgehead atoms. The lowest BCUT2D eigenvalue weighted by atomic mass is 10.2. The van der Waals surface area contributed by atoms with E-state index in [0.29, 0.717) is 5.82 Å². The van der Waals surface area contributed by atoms with E-state index in [2.05, 4.69) is 25.1 Å². The maximum atomic E-state index is 12.8. The average Bonchev–Trinajstić information content (AvgIpc) is 3.16. The van der Waals surface area contributed by atoms with Gasteiger partial charge >= 0.3 is 6.18 Å². The Hall–Kier alpha value is -2.16. The number of alkyl halides is 3. The lowest BCUT2D eigenvalue weighted by molar-refractivity contribution is -0.141. The van der Waals surface area contributed by atoms with Crippen LogP contribution in [-0.2, 0) is 12.7 Å². The van der Waals surface area contributed by atoms with E-state index in [9.17, 15) is 13.2 Å². The molecule has 130 valence electrons. The summed E-state index contributed by atoms with van der Waals surface area (Å²) in [6.45, 7) is 4.41. The molecule has 6 nitrogen and oxygen atoms in total. The van der Waals surface area contributed by atoms with Gasteiger partial charge in [0.25, 0.3) is 0 Å². The van der Waals surface area contributed by atoms with Gasteiger partial charge in [-0.15, -0.1) is 0 Å². The lowest BCUT2D eigenvalue weighted by Gasteiger charge is -2.26. The molecule has 2 aromatic heterocycles. The topological polar surface area (TPSA) is 60.9 Å². The molecule has 0 aromatic carbocycles. The quantitative estimate of drug-likeness (QED) is 0.925. The summed E-state index contributed by atoms with van der Waals surface area (Å²) in [5.74, 6) is 0.295. The first-order valence-corrected chi connectivity index (χ1v) is 7.68. The van der Waals surface area contributed by atoms with Crippen LogP contribution in [-0.4, -0.2) is 51.2 Å². The maximum Gasteiger partial charge on any atom is 0.433 e. The van der Waals surface area contributed by atoms with Crippen LogP contribution in [0.4, 0.5) is 19.0 Å². The summed E-state index contributed by atoms with van der Waals surface area (Å²) in [5, 5.41) is 6.92. The van der Waals surface area contributed by atoms with Gasteiger partial charge in [-0.05, 0) is 13.3 Å². The maximum absolute atomic E-state index is 12.8. The minimum atomic E-state index is -4.46. The second kappa shape index (κ2) is 6.39. The Morgan fingerprint density at radius 3 is 2.83 bits per heavy atom. The van der Waals surface area contributed by atoms with E-state index >= 15 is 0 Å². The number of nitrogens with zero attached hydrogens (tertiary/aromatic N) is 5. The number of aromatic amines is 1. The second-order valence-electron chi connectivity index (χ2n) is 6.07. The molecule has 1 aliphatic heterocycles. The molecule has 0 radical (unpaired) electrons. The van der Waals surface area contributed by atoms with Crippen LogP contribution in [0.5, 0.6) is 0 Å². The standard InChI is InChI=1S/C15H19F3N6/c1-10-11(6-21-22-10)7-24-4-3-12(8-24)23(2)14-5-13(15(16,17)18)19-9-20-14/h5-6,9,12H,3-4,7-8H2,1-2H3,(H,21,22). The minimum Gasteiger partial charge on any atom is -0.355 e. The van der Waals surface area contributed by atoms with Crippen molar-refractivity contribution in [3.8, 4) is 0 Å². The van der Waals surface area contributed by atoms with Crippen molar-refractivity contribution in [1.82, 2.24) is 25.1 Å². The number of halogens is 3. The molecule has 1 unspecified atom stereocenters. The number of rotatable bonds is 4. The molecule has 3 rings (SSSR count). The highest BCUT2D eigenvalue weighted by Gasteiger charge is 2.34. The normalized spacial score (nSPS) is 19.0. The van der Waals surface area contributed by atoms with Crippen LogP contribution in [0.25, 0.3) is 0 Å². The van der Waals surface area contributed by atoms with Crippen LogP contribution in [0.3, 0.4) is 0 Å². The van der Waals surface area contributed by atoms with Gasteiger partial charge in [0.2, 0.25) is 0 Å². The molecular formula is C15H19F3N6. The highest BCUT2D eigenvalue weighted by molar-refractivity contribution is 5.40. The van der Waals surface area contributed by atoms with Crippen LogP contribution >= 0.6 is 0 Å². The first kappa shape index (κ1) is 16.7. The Morgan fingerprint density at radius 2 is 2.17 bits per heavy atom. The zero-order valence-electron chi connectivity index (χ0n) is 13.5. The van der Waals surface area contributed by atoms with Crippen molar-refractivity contribution in [2.45, 2.75) is 32.1 Å². The van der Waals surface area contributed by atoms with Crippen molar-refractivity contribution in [3.05, 3.63) is 35.5 Å². The highest BCUT2D eigenvalue weighted by atomic mass is 19.4. The van der Waals surface area contributed by atoms with Crippen LogP contribution < -0.4 is 4.90 Å². The molecule has 9 heteroatoms.